The van der Waals surface area contributed by atoms with Gasteiger partial charge in [0.2, 0.25) is 0 Å². The molecule has 0 N–H and O–H groups in total. The highest BCUT2D eigenvalue weighted by Gasteiger charge is 1.68. The maximum absolute atomic E-state index is 2.24. The molecule has 0 saturated heterocycles. The molecular formula is C14H28. The van der Waals surface area contributed by atoms with Gasteiger partial charge in [-0.1, -0.05) is 64.8 Å². The van der Waals surface area contributed by atoms with Crippen LogP contribution in [0.3, 0.4) is 0 Å². The fraction of sp³-hybridized carbons (Fsp3) is 0.714. The SMILES string of the molecule is CC/C=C/CCC.CC/C=C\CCC. The molecule has 0 amide bonds. The molecule has 0 bridgehead atoms. The first kappa shape index (κ1) is 15.9. The summed E-state index contributed by atoms with van der Waals surface area (Å²) in [5, 5.41) is 0. The first-order valence-corrected chi connectivity index (χ1v) is 6.13. The third-order valence-electron chi connectivity index (χ3n) is 1.72. The van der Waals surface area contributed by atoms with E-state index in [-0.39, 0.29) is 0 Å². The highest BCUT2D eigenvalue weighted by molar-refractivity contribution is 4.79. The van der Waals surface area contributed by atoms with E-state index in [0.717, 1.165) is 0 Å². The summed E-state index contributed by atoms with van der Waals surface area (Å²) in [6.45, 7) is 8.71. The van der Waals surface area contributed by atoms with Crippen molar-refractivity contribution in [1.29, 1.82) is 0 Å². The van der Waals surface area contributed by atoms with E-state index in [4.69, 9.17) is 0 Å². The van der Waals surface area contributed by atoms with Crippen LogP contribution in [0.15, 0.2) is 24.3 Å². The van der Waals surface area contributed by atoms with E-state index >= 15 is 0 Å². The van der Waals surface area contributed by atoms with Crippen LogP contribution in [0.25, 0.3) is 0 Å². The molecule has 0 aromatic heterocycles. The Kier molecular flexibility index (Phi) is 20.8. The molecule has 0 atom stereocenters. The first-order chi connectivity index (χ1) is 6.83. The molecule has 0 saturated carbocycles. The van der Waals surface area contributed by atoms with Crippen molar-refractivity contribution in [3.63, 3.8) is 0 Å². The maximum Gasteiger partial charge on any atom is -0.0353 e. The second-order valence-corrected chi connectivity index (χ2v) is 3.34. The van der Waals surface area contributed by atoms with Crippen molar-refractivity contribution in [2.75, 3.05) is 0 Å². The highest BCUT2D eigenvalue weighted by Crippen LogP contribution is 1.89. The van der Waals surface area contributed by atoms with Crippen molar-refractivity contribution >= 4 is 0 Å². The van der Waals surface area contributed by atoms with E-state index in [0.29, 0.717) is 0 Å². The lowest BCUT2D eigenvalue weighted by molar-refractivity contribution is 0.952. The van der Waals surface area contributed by atoms with Crippen LogP contribution in [0.2, 0.25) is 0 Å². The Hall–Kier alpha value is -0.520. The summed E-state index contributed by atoms with van der Waals surface area (Å²) in [6, 6.07) is 0. The normalized spacial score (nSPS) is 10.6. The number of allylic oxidation sites excluding steroid dienone is 4. The Balaban J connectivity index is 0. The zero-order valence-corrected chi connectivity index (χ0v) is 10.6. The standard InChI is InChI=1S/2C7H14/c2*1-3-5-7-6-4-2/h2*5,7H,3-4,6H2,1-2H3/b7-5+;7-5-. The number of hydrogen-bond acceptors (Lipinski definition) is 0. The van der Waals surface area contributed by atoms with E-state index in [1.54, 1.807) is 0 Å². The van der Waals surface area contributed by atoms with Crippen LogP contribution in [0.4, 0.5) is 0 Å². The zero-order valence-electron chi connectivity index (χ0n) is 10.6. The van der Waals surface area contributed by atoms with E-state index < -0.39 is 0 Å². The Labute approximate surface area is 91.1 Å². The van der Waals surface area contributed by atoms with Gasteiger partial charge in [0.25, 0.3) is 0 Å². The number of hydrogen-bond donors (Lipinski definition) is 0. The fourth-order valence-electron chi connectivity index (χ4n) is 0.902. The summed E-state index contributed by atoms with van der Waals surface area (Å²) in [4.78, 5) is 0. The largest absolute Gasteiger partial charge is 0.0888 e. The second-order valence-electron chi connectivity index (χ2n) is 3.34. The summed E-state index contributed by atoms with van der Waals surface area (Å²) in [5.74, 6) is 0. The Morgan fingerprint density at radius 1 is 0.571 bits per heavy atom. The smallest absolute Gasteiger partial charge is 0.0353 e. The summed E-state index contributed by atoms with van der Waals surface area (Å²) in [7, 11) is 0. The average Bonchev–Trinajstić information content (AvgIpc) is 2.21. The molecule has 0 aliphatic heterocycles. The van der Waals surface area contributed by atoms with E-state index in [9.17, 15) is 0 Å². The predicted octanol–water partition coefficient (Wildman–Crippen LogP) is 5.51. The summed E-state index contributed by atoms with van der Waals surface area (Å²) in [6.07, 6.45) is 16.3. The predicted molar refractivity (Wildman–Crippen MR) is 68.7 cm³/mol. The van der Waals surface area contributed by atoms with Crippen molar-refractivity contribution in [1.82, 2.24) is 0 Å². The van der Waals surface area contributed by atoms with Crippen LogP contribution in [-0.2, 0) is 0 Å². The maximum atomic E-state index is 2.24. The van der Waals surface area contributed by atoms with Crippen LogP contribution in [0.5, 0.6) is 0 Å². The molecule has 0 aliphatic carbocycles. The third kappa shape index (κ3) is 22.5. The average molecular weight is 196 g/mol. The minimum atomic E-state index is 1.18. The van der Waals surface area contributed by atoms with Gasteiger partial charge < -0.3 is 0 Å². The molecule has 0 rings (SSSR count). The molecule has 0 aliphatic rings. The minimum absolute atomic E-state index is 1.18. The lowest BCUT2D eigenvalue weighted by Crippen LogP contribution is -1.58. The highest BCUT2D eigenvalue weighted by atomic mass is 13.8. The molecular weight excluding hydrogens is 168 g/mol. The Morgan fingerprint density at radius 2 is 0.929 bits per heavy atom. The molecule has 0 spiro atoms. The molecule has 0 heteroatoms. The van der Waals surface area contributed by atoms with Gasteiger partial charge >= 0.3 is 0 Å². The van der Waals surface area contributed by atoms with Gasteiger partial charge in [0.1, 0.15) is 0 Å². The van der Waals surface area contributed by atoms with Crippen molar-refractivity contribution in [2.24, 2.45) is 0 Å². The molecule has 0 aromatic carbocycles. The van der Waals surface area contributed by atoms with Gasteiger partial charge in [-0.3, -0.25) is 0 Å². The molecule has 0 fully saturated rings. The molecule has 0 unspecified atom stereocenters. The minimum Gasteiger partial charge on any atom is -0.0888 e. The number of rotatable bonds is 6. The molecule has 0 nitrogen and oxygen atoms in total. The van der Waals surface area contributed by atoms with Crippen LogP contribution < -0.4 is 0 Å². The van der Waals surface area contributed by atoms with Crippen molar-refractivity contribution < 1.29 is 0 Å². The summed E-state index contributed by atoms with van der Waals surface area (Å²) >= 11 is 0. The number of unbranched alkanes of at least 4 members (excludes halogenated alkanes) is 2. The molecule has 14 heavy (non-hydrogen) atoms. The van der Waals surface area contributed by atoms with E-state index in [1.807, 2.05) is 0 Å². The molecule has 0 aromatic rings. The van der Waals surface area contributed by atoms with Gasteiger partial charge in [0.15, 0.2) is 0 Å². The summed E-state index contributed by atoms with van der Waals surface area (Å²) < 4.78 is 0. The Morgan fingerprint density at radius 3 is 1.14 bits per heavy atom. The monoisotopic (exact) mass is 196 g/mol. The van der Waals surface area contributed by atoms with Crippen molar-refractivity contribution in [3.05, 3.63) is 24.3 Å². The van der Waals surface area contributed by atoms with Gasteiger partial charge in [-0.2, -0.15) is 0 Å². The summed E-state index contributed by atoms with van der Waals surface area (Å²) in [5.41, 5.74) is 0. The second kappa shape index (κ2) is 18.3. The topological polar surface area (TPSA) is 0 Å². The van der Waals surface area contributed by atoms with Gasteiger partial charge in [-0.25, -0.2) is 0 Å². The lowest BCUT2D eigenvalue weighted by atomic mass is 10.3. The lowest BCUT2D eigenvalue weighted by Gasteiger charge is -1.79. The van der Waals surface area contributed by atoms with Crippen LogP contribution in [0.1, 0.15) is 66.2 Å². The first-order valence-electron chi connectivity index (χ1n) is 6.13. The van der Waals surface area contributed by atoms with Crippen LogP contribution in [-0.4, -0.2) is 0 Å². The van der Waals surface area contributed by atoms with E-state index in [1.165, 1.54) is 38.5 Å². The van der Waals surface area contributed by atoms with E-state index in [2.05, 4.69) is 52.0 Å². The van der Waals surface area contributed by atoms with Gasteiger partial charge in [-0.05, 0) is 25.7 Å². The quantitative estimate of drug-likeness (QED) is 0.492. The molecule has 0 radical (unpaired) electrons. The van der Waals surface area contributed by atoms with Crippen LogP contribution in [0, 0.1) is 0 Å². The van der Waals surface area contributed by atoms with Crippen LogP contribution >= 0.6 is 0 Å². The van der Waals surface area contributed by atoms with Crippen molar-refractivity contribution in [3.8, 4) is 0 Å². The van der Waals surface area contributed by atoms with Gasteiger partial charge in [0, 0.05) is 0 Å². The third-order valence-corrected chi connectivity index (χ3v) is 1.72. The zero-order chi connectivity index (χ0) is 11.1. The molecule has 84 valence electrons. The molecule has 0 heterocycles. The Bertz CT molecular complexity index is 104. The van der Waals surface area contributed by atoms with Gasteiger partial charge in [0.05, 0.1) is 0 Å². The fourth-order valence-corrected chi connectivity index (χ4v) is 0.902. The van der Waals surface area contributed by atoms with Crippen molar-refractivity contribution in [2.45, 2.75) is 66.2 Å². The van der Waals surface area contributed by atoms with Gasteiger partial charge in [-0.15, -0.1) is 0 Å².